The van der Waals surface area contributed by atoms with Gasteiger partial charge in [0.1, 0.15) is 5.54 Å². The van der Waals surface area contributed by atoms with Gasteiger partial charge in [0.15, 0.2) is 5.11 Å². The average molecular weight is 296 g/mol. The number of carbonyl (C=O) groups excluding carboxylic acids is 1. The standard InChI is InChI=1S/C17H16N2OS/c1-10-8-13-7-6-12(5-4-11-2-3-11)9-14(13)17(10)15(20)18-16(21)19-17/h6-7,9-11H,2-3,8H2,1H3,(H2,18,19,20,21). The van der Waals surface area contributed by atoms with Crippen molar-refractivity contribution >= 4 is 23.2 Å². The number of fused-ring (bicyclic) bond motifs is 2. The van der Waals surface area contributed by atoms with E-state index >= 15 is 0 Å². The zero-order chi connectivity index (χ0) is 14.6. The molecule has 0 bridgehead atoms. The number of amides is 1. The van der Waals surface area contributed by atoms with Crippen molar-refractivity contribution in [3.63, 3.8) is 0 Å². The first kappa shape index (κ1) is 12.8. The molecule has 106 valence electrons. The molecule has 3 nitrogen and oxygen atoms in total. The predicted molar refractivity (Wildman–Crippen MR) is 84.5 cm³/mol. The molecule has 1 aromatic carbocycles. The fourth-order valence-corrected chi connectivity index (χ4v) is 3.62. The summed E-state index contributed by atoms with van der Waals surface area (Å²) in [6, 6.07) is 6.23. The predicted octanol–water partition coefficient (Wildman–Crippen LogP) is 1.84. The summed E-state index contributed by atoms with van der Waals surface area (Å²) in [5, 5.41) is 6.38. The van der Waals surface area contributed by atoms with Crippen molar-refractivity contribution in [2.45, 2.75) is 31.7 Å². The topological polar surface area (TPSA) is 41.1 Å². The Morgan fingerprint density at radius 3 is 2.86 bits per heavy atom. The van der Waals surface area contributed by atoms with Crippen molar-refractivity contribution in [2.75, 3.05) is 0 Å². The van der Waals surface area contributed by atoms with E-state index in [9.17, 15) is 4.79 Å². The van der Waals surface area contributed by atoms with Gasteiger partial charge < -0.3 is 10.6 Å². The molecule has 2 unspecified atom stereocenters. The largest absolute Gasteiger partial charge is 0.344 e. The van der Waals surface area contributed by atoms with Crippen LogP contribution in [-0.2, 0) is 16.8 Å². The van der Waals surface area contributed by atoms with Crippen molar-refractivity contribution in [1.82, 2.24) is 10.6 Å². The molecule has 1 spiro atoms. The summed E-state index contributed by atoms with van der Waals surface area (Å²) in [7, 11) is 0. The first-order valence-corrected chi connectivity index (χ1v) is 7.79. The lowest BCUT2D eigenvalue weighted by atomic mass is 9.84. The van der Waals surface area contributed by atoms with Crippen LogP contribution in [0.1, 0.15) is 36.5 Å². The molecule has 4 rings (SSSR count). The van der Waals surface area contributed by atoms with Crippen LogP contribution in [0.25, 0.3) is 0 Å². The normalized spacial score (nSPS) is 29.7. The third-order valence-electron chi connectivity index (χ3n) is 4.69. The molecule has 1 saturated carbocycles. The van der Waals surface area contributed by atoms with Gasteiger partial charge in [0.25, 0.3) is 5.91 Å². The number of carbonyl (C=O) groups is 1. The van der Waals surface area contributed by atoms with E-state index < -0.39 is 5.54 Å². The third-order valence-corrected chi connectivity index (χ3v) is 4.90. The minimum Gasteiger partial charge on any atom is -0.344 e. The highest BCUT2D eigenvalue weighted by atomic mass is 32.1. The van der Waals surface area contributed by atoms with E-state index in [0.717, 1.165) is 17.5 Å². The zero-order valence-electron chi connectivity index (χ0n) is 11.8. The molecule has 1 heterocycles. The number of nitrogens with one attached hydrogen (secondary N) is 2. The van der Waals surface area contributed by atoms with Crippen LogP contribution in [0.2, 0.25) is 0 Å². The number of rotatable bonds is 0. The molecule has 0 radical (unpaired) electrons. The molecule has 4 heteroatoms. The van der Waals surface area contributed by atoms with Gasteiger partial charge >= 0.3 is 0 Å². The highest BCUT2D eigenvalue weighted by molar-refractivity contribution is 7.80. The number of hydrogen-bond acceptors (Lipinski definition) is 2. The summed E-state index contributed by atoms with van der Waals surface area (Å²) in [5.41, 5.74) is 2.53. The summed E-state index contributed by atoms with van der Waals surface area (Å²) in [6.07, 6.45) is 3.32. The van der Waals surface area contributed by atoms with Gasteiger partial charge in [-0.25, -0.2) is 0 Å². The minimum atomic E-state index is -0.705. The van der Waals surface area contributed by atoms with E-state index in [1.807, 2.05) is 0 Å². The molecule has 1 aliphatic heterocycles. The highest BCUT2D eigenvalue weighted by Crippen LogP contribution is 2.43. The van der Waals surface area contributed by atoms with E-state index in [0.29, 0.717) is 11.0 Å². The van der Waals surface area contributed by atoms with Crippen molar-refractivity contribution in [3.05, 3.63) is 34.9 Å². The molecule has 2 fully saturated rings. The van der Waals surface area contributed by atoms with Gasteiger partial charge in [-0.1, -0.05) is 24.8 Å². The Bertz CT molecular complexity index is 726. The molecule has 1 amide bonds. The molecule has 1 aromatic rings. The Kier molecular flexibility index (Phi) is 2.64. The first-order valence-electron chi connectivity index (χ1n) is 7.38. The van der Waals surface area contributed by atoms with Crippen molar-refractivity contribution in [1.29, 1.82) is 0 Å². The van der Waals surface area contributed by atoms with Crippen LogP contribution < -0.4 is 10.6 Å². The zero-order valence-corrected chi connectivity index (χ0v) is 12.6. The second-order valence-corrected chi connectivity index (χ2v) is 6.65. The van der Waals surface area contributed by atoms with Crippen molar-refractivity contribution in [3.8, 4) is 11.8 Å². The van der Waals surface area contributed by atoms with Crippen LogP contribution in [0.5, 0.6) is 0 Å². The van der Waals surface area contributed by atoms with Crippen LogP contribution >= 0.6 is 12.2 Å². The second kappa shape index (κ2) is 4.32. The molecule has 3 aliphatic rings. The van der Waals surface area contributed by atoms with Gasteiger partial charge in [0, 0.05) is 11.5 Å². The average Bonchev–Trinajstić information content (AvgIpc) is 3.17. The van der Waals surface area contributed by atoms with Gasteiger partial charge in [-0.3, -0.25) is 4.79 Å². The Morgan fingerprint density at radius 2 is 2.19 bits per heavy atom. The van der Waals surface area contributed by atoms with Crippen LogP contribution in [0, 0.1) is 23.7 Å². The monoisotopic (exact) mass is 296 g/mol. The molecular weight excluding hydrogens is 280 g/mol. The Morgan fingerprint density at radius 1 is 1.38 bits per heavy atom. The summed E-state index contributed by atoms with van der Waals surface area (Å²) < 4.78 is 0. The Balaban J connectivity index is 1.80. The SMILES string of the molecule is CC1Cc2ccc(C#CC3CC3)cc2C12NC(=S)NC2=O. The lowest BCUT2D eigenvalue weighted by Gasteiger charge is -2.27. The minimum absolute atomic E-state index is 0.0361. The molecule has 2 N–H and O–H groups in total. The fourth-order valence-electron chi connectivity index (χ4n) is 3.37. The van der Waals surface area contributed by atoms with Gasteiger partial charge in [0.05, 0.1) is 0 Å². The number of benzene rings is 1. The van der Waals surface area contributed by atoms with Crippen LogP contribution in [0.3, 0.4) is 0 Å². The highest BCUT2D eigenvalue weighted by Gasteiger charge is 2.54. The first-order chi connectivity index (χ1) is 10.1. The molecule has 2 atom stereocenters. The van der Waals surface area contributed by atoms with E-state index in [4.69, 9.17) is 12.2 Å². The smallest absolute Gasteiger partial charge is 0.256 e. The number of thiocarbonyl (C=S) groups is 1. The van der Waals surface area contributed by atoms with Gasteiger partial charge in [-0.05, 0) is 60.7 Å². The lowest BCUT2D eigenvalue weighted by molar-refractivity contribution is -0.125. The summed E-state index contributed by atoms with van der Waals surface area (Å²) in [4.78, 5) is 12.5. The van der Waals surface area contributed by atoms with Crippen molar-refractivity contribution < 1.29 is 4.79 Å². The van der Waals surface area contributed by atoms with Gasteiger partial charge in [0.2, 0.25) is 0 Å². The van der Waals surface area contributed by atoms with Crippen LogP contribution in [0.15, 0.2) is 18.2 Å². The van der Waals surface area contributed by atoms with Crippen LogP contribution in [-0.4, -0.2) is 11.0 Å². The van der Waals surface area contributed by atoms with Gasteiger partial charge in [-0.15, -0.1) is 0 Å². The summed E-state index contributed by atoms with van der Waals surface area (Å²) >= 11 is 5.14. The maximum Gasteiger partial charge on any atom is 0.256 e. The molecule has 1 saturated heterocycles. The Hall–Kier alpha value is -1.86. The molecule has 2 aliphatic carbocycles. The fraction of sp³-hybridized carbons (Fsp3) is 0.412. The van der Waals surface area contributed by atoms with Crippen molar-refractivity contribution in [2.24, 2.45) is 11.8 Å². The summed E-state index contributed by atoms with van der Waals surface area (Å²) in [5.74, 6) is 7.24. The quantitative estimate of drug-likeness (QED) is 0.567. The van der Waals surface area contributed by atoms with Crippen LogP contribution in [0.4, 0.5) is 0 Å². The summed E-state index contributed by atoms with van der Waals surface area (Å²) in [6.45, 7) is 2.09. The van der Waals surface area contributed by atoms with Gasteiger partial charge in [-0.2, -0.15) is 0 Å². The van der Waals surface area contributed by atoms with E-state index in [2.05, 4.69) is 47.6 Å². The second-order valence-electron chi connectivity index (χ2n) is 6.24. The van der Waals surface area contributed by atoms with E-state index in [1.54, 1.807) is 0 Å². The van der Waals surface area contributed by atoms with E-state index in [1.165, 1.54) is 18.4 Å². The maximum atomic E-state index is 12.5. The molecular formula is C17H16N2OS. The molecule has 21 heavy (non-hydrogen) atoms. The lowest BCUT2D eigenvalue weighted by Crippen LogP contribution is -2.46. The Labute approximate surface area is 129 Å². The van der Waals surface area contributed by atoms with E-state index in [-0.39, 0.29) is 11.8 Å². The molecule has 0 aromatic heterocycles. The third kappa shape index (κ3) is 1.88. The number of hydrogen-bond donors (Lipinski definition) is 2. The maximum absolute atomic E-state index is 12.5.